The smallest absolute Gasteiger partial charge is 0.186 e. The Morgan fingerprint density at radius 2 is 2.06 bits per heavy atom. The van der Waals surface area contributed by atoms with Gasteiger partial charge in [-0.2, -0.15) is 0 Å². The zero-order valence-corrected chi connectivity index (χ0v) is 12.9. The van der Waals surface area contributed by atoms with Crippen molar-refractivity contribution in [3.8, 4) is 0 Å². The molecule has 0 amide bonds. The van der Waals surface area contributed by atoms with E-state index in [1.807, 2.05) is 19.1 Å². The van der Waals surface area contributed by atoms with Crippen molar-refractivity contribution < 1.29 is 4.79 Å². The number of carbonyl (C=O) groups is 1. The molecule has 18 heavy (non-hydrogen) atoms. The lowest BCUT2D eigenvalue weighted by molar-refractivity contribution is 0.0892. The minimum absolute atomic E-state index is 0.237. The Hall–Kier alpha value is -0.710. The molecule has 0 aliphatic carbocycles. The number of nitrogens with zero attached hydrogens (tertiary/aromatic N) is 2. The first-order valence-electron chi connectivity index (χ1n) is 6.42. The van der Waals surface area contributed by atoms with E-state index in [1.54, 1.807) is 11.3 Å². The SMILES string of the molecule is CCN(CC(=O)c1ccc(C)s1)C(C)CN(C)C. The molecule has 4 heteroatoms. The van der Waals surface area contributed by atoms with E-state index < -0.39 is 0 Å². The fraction of sp³-hybridized carbons (Fsp3) is 0.643. The van der Waals surface area contributed by atoms with Crippen molar-refractivity contribution in [2.24, 2.45) is 0 Å². The molecule has 1 aromatic heterocycles. The molecule has 0 N–H and O–H groups in total. The first-order chi connectivity index (χ1) is 8.43. The lowest BCUT2D eigenvalue weighted by atomic mass is 10.2. The molecule has 0 spiro atoms. The first kappa shape index (κ1) is 15.3. The zero-order valence-electron chi connectivity index (χ0n) is 12.1. The van der Waals surface area contributed by atoms with E-state index in [0.29, 0.717) is 12.6 Å². The summed E-state index contributed by atoms with van der Waals surface area (Å²) in [5, 5.41) is 0. The quantitative estimate of drug-likeness (QED) is 0.710. The summed E-state index contributed by atoms with van der Waals surface area (Å²) in [7, 11) is 4.13. The number of hydrogen-bond donors (Lipinski definition) is 0. The molecule has 1 aromatic rings. The Balaban J connectivity index is 2.60. The van der Waals surface area contributed by atoms with Gasteiger partial charge in [0.05, 0.1) is 11.4 Å². The van der Waals surface area contributed by atoms with Crippen LogP contribution in [0.15, 0.2) is 12.1 Å². The van der Waals surface area contributed by atoms with Gasteiger partial charge in [0.25, 0.3) is 0 Å². The van der Waals surface area contributed by atoms with Crippen LogP contribution in [0.5, 0.6) is 0 Å². The van der Waals surface area contributed by atoms with E-state index in [-0.39, 0.29) is 5.78 Å². The Morgan fingerprint density at radius 1 is 1.39 bits per heavy atom. The number of ketones is 1. The third kappa shape index (κ3) is 4.52. The Morgan fingerprint density at radius 3 is 2.50 bits per heavy atom. The lowest BCUT2D eigenvalue weighted by Gasteiger charge is -2.29. The Labute approximate surface area is 114 Å². The molecule has 1 unspecified atom stereocenters. The van der Waals surface area contributed by atoms with Crippen molar-refractivity contribution in [2.45, 2.75) is 26.8 Å². The van der Waals surface area contributed by atoms with Crippen LogP contribution >= 0.6 is 11.3 Å². The van der Waals surface area contributed by atoms with E-state index in [2.05, 4.69) is 37.7 Å². The number of Topliss-reactive ketones (excluding diaryl/α,β-unsaturated/α-hetero) is 1. The van der Waals surface area contributed by atoms with Gasteiger partial charge in [0.2, 0.25) is 0 Å². The Kier molecular flexibility index (Phi) is 5.99. The van der Waals surface area contributed by atoms with Crippen LogP contribution in [0.2, 0.25) is 0 Å². The predicted molar refractivity (Wildman–Crippen MR) is 78.6 cm³/mol. The third-order valence-corrected chi connectivity index (χ3v) is 4.06. The predicted octanol–water partition coefficient (Wildman–Crippen LogP) is 2.51. The Bertz CT molecular complexity index is 387. The van der Waals surface area contributed by atoms with Crippen molar-refractivity contribution >= 4 is 17.1 Å². The molecule has 0 aliphatic rings. The first-order valence-corrected chi connectivity index (χ1v) is 7.24. The highest BCUT2D eigenvalue weighted by atomic mass is 32.1. The van der Waals surface area contributed by atoms with E-state index in [0.717, 1.165) is 18.0 Å². The summed E-state index contributed by atoms with van der Waals surface area (Å²) in [5.41, 5.74) is 0. The third-order valence-electron chi connectivity index (χ3n) is 3.02. The average Bonchev–Trinajstić information content (AvgIpc) is 2.71. The van der Waals surface area contributed by atoms with Gasteiger partial charge in [0, 0.05) is 17.5 Å². The normalized spacial score (nSPS) is 13.3. The molecule has 1 atom stereocenters. The highest BCUT2D eigenvalue weighted by molar-refractivity contribution is 7.14. The fourth-order valence-electron chi connectivity index (χ4n) is 2.07. The van der Waals surface area contributed by atoms with Gasteiger partial charge >= 0.3 is 0 Å². The second kappa shape index (κ2) is 7.02. The number of likely N-dealkylation sites (N-methyl/N-ethyl adjacent to an activating group) is 2. The molecule has 0 fully saturated rings. The second-order valence-corrected chi connectivity index (χ2v) is 6.30. The summed E-state index contributed by atoms with van der Waals surface area (Å²) >= 11 is 1.59. The van der Waals surface area contributed by atoms with Crippen molar-refractivity contribution in [3.05, 3.63) is 21.9 Å². The van der Waals surface area contributed by atoms with Crippen LogP contribution in [0.4, 0.5) is 0 Å². The number of rotatable bonds is 7. The zero-order chi connectivity index (χ0) is 13.7. The molecule has 1 rings (SSSR count). The van der Waals surface area contributed by atoms with Crippen LogP contribution < -0.4 is 0 Å². The highest BCUT2D eigenvalue weighted by Crippen LogP contribution is 2.16. The van der Waals surface area contributed by atoms with Crippen LogP contribution in [-0.4, -0.2) is 55.4 Å². The van der Waals surface area contributed by atoms with Gasteiger partial charge in [-0.25, -0.2) is 0 Å². The average molecular weight is 268 g/mol. The van der Waals surface area contributed by atoms with E-state index in [1.165, 1.54) is 4.88 Å². The van der Waals surface area contributed by atoms with Crippen molar-refractivity contribution in [1.82, 2.24) is 9.80 Å². The molecule has 102 valence electrons. The molecule has 0 saturated carbocycles. The maximum atomic E-state index is 12.2. The summed E-state index contributed by atoms with van der Waals surface area (Å²) in [4.78, 5) is 18.6. The van der Waals surface area contributed by atoms with E-state index >= 15 is 0 Å². The van der Waals surface area contributed by atoms with Gasteiger partial charge in [-0.15, -0.1) is 11.3 Å². The molecule has 0 bridgehead atoms. The van der Waals surface area contributed by atoms with Crippen LogP contribution in [-0.2, 0) is 0 Å². The minimum Gasteiger partial charge on any atom is -0.308 e. The largest absolute Gasteiger partial charge is 0.308 e. The summed E-state index contributed by atoms with van der Waals surface area (Å²) in [6.45, 7) is 8.73. The molecule has 0 radical (unpaired) electrons. The van der Waals surface area contributed by atoms with Crippen molar-refractivity contribution in [1.29, 1.82) is 0 Å². The lowest BCUT2D eigenvalue weighted by Crippen LogP contribution is -2.42. The number of aryl methyl sites for hydroxylation is 1. The van der Waals surface area contributed by atoms with Gasteiger partial charge in [0.1, 0.15) is 0 Å². The maximum Gasteiger partial charge on any atom is 0.186 e. The van der Waals surface area contributed by atoms with Crippen molar-refractivity contribution in [2.75, 3.05) is 33.7 Å². The number of thiophene rings is 1. The van der Waals surface area contributed by atoms with Crippen molar-refractivity contribution in [3.63, 3.8) is 0 Å². The maximum absolute atomic E-state index is 12.2. The van der Waals surface area contributed by atoms with Gasteiger partial charge in [-0.3, -0.25) is 9.69 Å². The van der Waals surface area contributed by atoms with E-state index in [9.17, 15) is 4.79 Å². The van der Waals surface area contributed by atoms with Gasteiger partial charge in [-0.1, -0.05) is 6.92 Å². The summed E-state index contributed by atoms with van der Waals surface area (Å²) in [6.07, 6.45) is 0. The standard InChI is InChI=1S/C14H24N2OS/c1-6-16(11(2)9-15(4)5)10-13(17)14-8-7-12(3)18-14/h7-8,11H,6,9-10H2,1-5H3. The molecular weight excluding hydrogens is 244 g/mol. The van der Waals surface area contributed by atoms with Crippen LogP contribution in [0, 0.1) is 6.92 Å². The topological polar surface area (TPSA) is 23.6 Å². The molecule has 3 nitrogen and oxygen atoms in total. The molecule has 1 heterocycles. The summed E-state index contributed by atoms with van der Waals surface area (Å²) < 4.78 is 0. The van der Waals surface area contributed by atoms with Gasteiger partial charge in [-0.05, 0) is 46.6 Å². The van der Waals surface area contributed by atoms with Crippen LogP contribution in [0.1, 0.15) is 28.4 Å². The molecule has 0 aromatic carbocycles. The van der Waals surface area contributed by atoms with Gasteiger partial charge in [0.15, 0.2) is 5.78 Å². The highest BCUT2D eigenvalue weighted by Gasteiger charge is 2.18. The summed E-state index contributed by atoms with van der Waals surface area (Å²) in [6, 6.07) is 4.35. The summed E-state index contributed by atoms with van der Waals surface area (Å²) in [5.74, 6) is 0.237. The monoisotopic (exact) mass is 268 g/mol. The van der Waals surface area contributed by atoms with Crippen LogP contribution in [0.3, 0.4) is 0 Å². The minimum atomic E-state index is 0.237. The molecule has 0 saturated heterocycles. The fourth-order valence-corrected chi connectivity index (χ4v) is 2.87. The molecular formula is C14H24N2OS. The van der Waals surface area contributed by atoms with Gasteiger partial charge < -0.3 is 4.90 Å². The second-order valence-electron chi connectivity index (χ2n) is 5.01. The number of carbonyl (C=O) groups excluding carboxylic acids is 1. The van der Waals surface area contributed by atoms with E-state index in [4.69, 9.17) is 0 Å². The number of hydrogen-bond acceptors (Lipinski definition) is 4. The molecule has 0 aliphatic heterocycles. The van der Waals surface area contributed by atoms with Crippen LogP contribution in [0.25, 0.3) is 0 Å².